The van der Waals surface area contributed by atoms with E-state index in [0.717, 1.165) is 0 Å². The van der Waals surface area contributed by atoms with Gasteiger partial charge in [0.15, 0.2) is 9.84 Å². The van der Waals surface area contributed by atoms with E-state index in [1.807, 2.05) is 0 Å². The quantitative estimate of drug-likeness (QED) is 0.635. The van der Waals surface area contributed by atoms with E-state index in [0.29, 0.717) is 5.56 Å². The molecule has 6 heteroatoms. The lowest BCUT2D eigenvalue weighted by Gasteiger charge is -2.04. The summed E-state index contributed by atoms with van der Waals surface area (Å²) in [6, 6.07) is 13.7. The molecule has 0 aliphatic carbocycles. The first-order chi connectivity index (χ1) is 8.99. The zero-order valence-corrected chi connectivity index (χ0v) is 10.7. The second kappa shape index (κ2) is 5.19. The van der Waals surface area contributed by atoms with Crippen LogP contribution in [0.3, 0.4) is 0 Å². The molecule has 0 unspecified atom stereocenters. The fourth-order valence-corrected chi connectivity index (χ4v) is 3.05. The van der Waals surface area contributed by atoms with Crippen LogP contribution in [-0.4, -0.2) is 13.3 Å². The number of sulfone groups is 1. The molecule has 0 radical (unpaired) electrons. The van der Waals surface area contributed by atoms with Gasteiger partial charge in [-0.25, -0.2) is 8.42 Å². The van der Waals surface area contributed by atoms with Gasteiger partial charge in [-0.3, -0.25) is 10.1 Å². The maximum atomic E-state index is 12.1. The van der Waals surface area contributed by atoms with Gasteiger partial charge >= 0.3 is 0 Å². The maximum Gasteiger partial charge on any atom is 0.269 e. The number of hydrogen-bond acceptors (Lipinski definition) is 4. The summed E-state index contributed by atoms with van der Waals surface area (Å²) in [7, 11) is -3.48. The van der Waals surface area contributed by atoms with Gasteiger partial charge in [-0.1, -0.05) is 30.3 Å². The number of rotatable bonds is 4. The molecule has 0 amide bonds. The molecule has 0 N–H and O–H groups in total. The lowest BCUT2D eigenvalue weighted by atomic mass is 10.2. The molecule has 0 aliphatic rings. The van der Waals surface area contributed by atoms with Crippen molar-refractivity contribution < 1.29 is 13.3 Å². The van der Waals surface area contributed by atoms with Crippen molar-refractivity contribution in [3.05, 3.63) is 70.3 Å². The van der Waals surface area contributed by atoms with E-state index in [-0.39, 0.29) is 16.3 Å². The van der Waals surface area contributed by atoms with Crippen LogP contribution in [0.5, 0.6) is 0 Å². The number of nitro groups is 1. The molecule has 5 nitrogen and oxygen atoms in total. The summed E-state index contributed by atoms with van der Waals surface area (Å²) in [5.41, 5.74) is 0.291. The first kappa shape index (κ1) is 13.2. The van der Waals surface area contributed by atoms with Crippen molar-refractivity contribution >= 4 is 15.5 Å². The molecule has 0 atom stereocenters. The molecular formula is C13H11NO4S. The zero-order chi connectivity index (χ0) is 13.9. The van der Waals surface area contributed by atoms with Crippen LogP contribution < -0.4 is 0 Å². The van der Waals surface area contributed by atoms with Crippen LogP contribution in [0.2, 0.25) is 0 Å². The predicted molar refractivity (Wildman–Crippen MR) is 70.4 cm³/mol. The molecule has 0 bridgehead atoms. The van der Waals surface area contributed by atoms with Crippen LogP contribution in [0.1, 0.15) is 5.56 Å². The van der Waals surface area contributed by atoms with Gasteiger partial charge in [0, 0.05) is 12.1 Å². The fourth-order valence-electron chi connectivity index (χ4n) is 1.69. The van der Waals surface area contributed by atoms with Crippen LogP contribution in [0, 0.1) is 10.1 Å². The summed E-state index contributed by atoms with van der Waals surface area (Å²) < 4.78 is 24.2. The van der Waals surface area contributed by atoms with E-state index >= 15 is 0 Å². The summed E-state index contributed by atoms with van der Waals surface area (Å²) in [6.45, 7) is 0. The third kappa shape index (κ3) is 3.17. The van der Waals surface area contributed by atoms with Crippen LogP contribution in [0.4, 0.5) is 5.69 Å². The van der Waals surface area contributed by atoms with Crippen molar-refractivity contribution in [1.29, 1.82) is 0 Å². The molecule has 0 spiro atoms. The third-order valence-corrected chi connectivity index (χ3v) is 4.28. The van der Waals surface area contributed by atoms with Gasteiger partial charge in [0.2, 0.25) is 0 Å². The second-order valence-electron chi connectivity index (χ2n) is 4.00. The van der Waals surface area contributed by atoms with E-state index in [9.17, 15) is 18.5 Å². The molecule has 0 heterocycles. The van der Waals surface area contributed by atoms with Crippen molar-refractivity contribution in [3.63, 3.8) is 0 Å². The maximum absolute atomic E-state index is 12.1. The number of non-ortho nitro benzene ring substituents is 1. The Balaban J connectivity index is 2.31. The highest BCUT2D eigenvalue weighted by Gasteiger charge is 2.16. The Morgan fingerprint density at radius 3 is 2.32 bits per heavy atom. The Bertz CT molecular complexity index is 696. The SMILES string of the molecule is O=[N+]([O-])c1cccc(CS(=O)(=O)c2ccccc2)c1. The molecule has 98 valence electrons. The fraction of sp³-hybridized carbons (Fsp3) is 0.0769. The minimum Gasteiger partial charge on any atom is -0.258 e. The lowest BCUT2D eigenvalue weighted by Crippen LogP contribution is -2.05. The number of nitro benzene ring substituents is 1. The Morgan fingerprint density at radius 1 is 1.00 bits per heavy atom. The first-order valence-electron chi connectivity index (χ1n) is 5.50. The average molecular weight is 277 g/mol. The smallest absolute Gasteiger partial charge is 0.258 e. The molecule has 2 aromatic carbocycles. The molecule has 0 saturated heterocycles. The Hall–Kier alpha value is -2.21. The molecule has 0 fully saturated rings. The Kier molecular flexibility index (Phi) is 3.62. The van der Waals surface area contributed by atoms with E-state index in [1.165, 1.54) is 30.3 Å². The second-order valence-corrected chi connectivity index (χ2v) is 5.99. The van der Waals surface area contributed by atoms with Crippen molar-refractivity contribution in [2.45, 2.75) is 10.6 Å². The highest BCUT2D eigenvalue weighted by molar-refractivity contribution is 7.90. The minimum atomic E-state index is -3.48. The molecular weight excluding hydrogens is 266 g/mol. The summed E-state index contributed by atoms with van der Waals surface area (Å²) in [5.74, 6) is -0.251. The van der Waals surface area contributed by atoms with Crippen LogP contribution >= 0.6 is 0 Å². The average Bonchev–Trinajstić information content (AvgIpc) is 2.39. The molecule has 0 aromatic heterocycles. The van der Waals surface area contributed by atoms with Crippen molar-refractivity contribution in [2.24, 2.45) is 0 Å². The summed E-state index contributed by atoms with van der Waals surface area (Å²) in [4.78, 5) is 10.3. The topological polar surface area (TPSA) is 77.3 Å². The van der Waals surface area contributed by atoms with Gasteiger partial charge in [-0.2, -0.15) is 0 Å². The van der Waals surface area contributed by atoms with E-state index in [4.69, 9.17) is 0 Å². The molecule has 2 rings (SSSR count). The number of nitrogens with zero attached hydrogens (tertiary/aromatic N) is 1. The summed E-state index contributed by atoms with van der Waals surface area (Å²) >= 11 is 0. The van der Waals surface area contributed by atoms with Crippen molar-refractivity contribution in [1.82, 2.24) is 0 Å². The summed E-state index contributed by atoms with van der Waals surface area (Å²) in [6.07, 6.45) is 0. The first-order valence-corrected chi connectivity index (χ1v) is 7.15. The number of benzene rings is 2. The van der Waals surface area contributed by atoms with E-state index < -0.39 is 14.8 Å². The van der Waals surface area contributed by atoms with Gasteiger partial charge in [0.05, 0.1) is 15.6 Å². The Labute approximate surface area is 110 Å². The predicted octanol–water partition coefficient (Wildman–Crippen LogP) is 2.57. The van der Waals surface area contributed by atoms with Crippen molar-refractivity contribution in [2.75, 3.05) is 0 Å². The van der Waals surface area contributed by atoms with Crippen molar-refractivity contribution in [3.8, 4) is 0 Å². The zero-order valence-electron chi connectivity index (χ0n) is 9.89. The number of hydrogen-bond donors (Lipinski definition) is 0. The van der Waals surface area contributed by atoms with E-state index in [1.54, 1.807) is 24.3 Å². The molecule has 2 aromatic rings. The highest BCUT2D eigenvalue weighted by atomic mass is 32.2. The lowest BCUT2D eigenvalue weighted by molar-refractivity contribution is -0.384. The highest BCUT2D eigenvalue weighted by Crippen LogP contribution is 2.19. The third-order valence-electron chi connectivity index (χ3n) is 2.58. The minimum absolute atomic E-state index is 0.110. The largest absolute Gasteiger partial charge is 0.269 e. The molecule has 0 aliphatic heterocycles. The van der Waals surface area contributed by atoms with E-state index in [2.05, 4.69) is 0 Å². The van der Waals surface area contributed by atoms with Gasteiger partial charge < -0.3 is 0 Å². The van der Waals surface area contributed by atoms with Crippen LogP contribution in [-0.2, 0) is 15.6 Å². The standard InChI is InChI=1S/C13H11NO4S/c15-14(16)12-6-4-5-11(9-12)10-19(17,18)13-7-2-1-3-8-13/h1-9H,10H2. The normalized spacial score (nSPS) is 11.2. The van der Waals surface area contributed by atoms with Gasteiger partial charge in [-0.05, 0) is 17.7 Å². The van der Waals surface area contributed by atoms with Gasteiger partial charge in [0.25, 0.3) is 5.69 Å². The van der Waals surface area contributed by atoms with Crippen LogP contribution in [0.25, 0.3) is 0 Å². The molecule has 0 saturated carbocycles. The van der Waals surface area contributed by atoms with Gasteiger partial charge in [-0.15, -0.1) is 0 Å². The van der Waals surface area contributed by atoms with Gasteiger partial charge in [0.1, 0.15) is 0 Å². The van der Waals surface area contributed by atoms with Crippen LogP contribution in [0.15, 0.2) is 59.5 Å². The monoisotopic (exact) mass is 277 g/mol. The molecule has 19 heavy (non-hydrogen) atoms. The summed E-state index contributed by atoms with van der Waals surface area (Å²) in [5, 5.41) is 10.6. The Morgan fingerprint density at radius 2 is 1.68 bits per heavy atom.